The molecule has 30 heteroatoms. The van der Waals surface area contributed by atoms with Crippen molar-refractivity contribution in [3.05, 3.63) is 12.7 Å². The van der Waals surface area contributed by atoms with Gasteiger partial charge in [-0.05, 0) is 6.92 Å². The molecule has 3 rings (SSSR count). The monoisotopic (exact) mass is 881 g/mol. The van der Waals surface area contributed by atoms with Gasteiger partial charge < -0.3 is 56.0 Å². The number of thioether (sulfide) groups is 1. The van der Waals surface area contributed by atoms with Gasteiger partial charge in [-0.1, -0.05) is 13.8 Å². The van der Waals surface area contributed by atoms with Gasteiger partial charge in [-0.3, -0.25) is 37.3 Å². The van der Waals surface area contributed by atoms with Crippen molar-refractivity contribution in [3.63, 3.8) is 0 Å². The van der Waals surface area contributed by atoms with E-state index >= 15 is 0 Å². The lowest BCUT2D eigenvalue weighted by molar-refractivity contribution is -0.137. The number of aliphatic hydroxyl groups is 3. The minimum absolute atomic E-state index is 0.0188. The van der Waals surface area contributed by atoms with Crippen LogP contribution in [0.5, 0.6) is 0 Å². The summed E-state index contributed by atoms with van der Waals surface area (Å²) < 4.78 is 61.9. The van der Waals surface area contributed by atoms with Crippen molar-refractivity contribution in [3.8, 4) is 0 Å². The lowest BCUT2D eigenvalue weighted by atomic mass is 9.87. The van der Waals surface area contributed by atoms with E-state index in [0.717, 1.165) is 29.0 Å². The van der Waals surface area contributed by atoms with Crippen LogP contribution in [0.2, 0.25) is 0 Å². The summed E-state index contributed by atoms with van der Waals surface area (Å²) in [5.74, 6) is -2.54. The Hall–Kier alpha value is -2.81. The van der Waals surface area contributed by atoms with Crippen LogP contribution in [-0.2, 0) is 55.5 Å². The lowest BCUT2D eigenvalue weighted by Gasteiger charge is -2.30. The molecule has 0 aromatic carbocycles. The second-order valence-corrected chi connectivity index (χ2v) is 18.1. The lowest BCUT2D eigenvalue weighted by Crippen LogP contribution is -2.46. The first kappa shape index (κ1) is 47.6. The molecule has 4 unspecified atom stereocenters. The number of fused-ring (bicyclic) bond motifs is 1. The van der Waals surface area contributed by atoms with Crippen LogP contribution in [0.3, 0.4) is 0 Å². The average molecular weight is 882 g/mol. The van der Waals surface area contributed by atoms with Gasteiger partial charge in [-0.15, -0.1) is 11.8 Å². The zero-order valence-electron chi connectivity index (χ0n) is 29.7. The maximum Gasteiger partial charge on any atom is 0.481 e. The molecule has 0 saturated carbocycles. The van der Waals surface area contributed by atoms with Crippen LogP contribution in [0.1, 0.15) is 39.8 Å². The molecule has 2 aromatic heterocycles. The molecule has 3 heterocycles. The van der Waals surface area contributed by atoms with Gasteiger partial charge in [0.25, 0.3) is 0 Å². The highest BCUT2D eigenvalue weighted by Crippen LogP contribution is 2.61. The van der Waals surface area contributed by atoms with E-state index in [1.165, 1.54) is 20.8 Å². The Bertz CT molecular complexity index is 1880. The predicted molar refractivity (Wildman–Crippen MR) is 188 cm³/mol. The van der Waals surface area contributed by atoms with Crippen molar-refractivity contribution < 1.29 is 90.4 Å². The smallest absolute Gasteiger partial charge is 0.386 e. The number of ketones is 2. The van der Waals surface area contributed by atoms with Crippen LogP contribution in [0.15, 0.2) is 12.7 Å². The van der Waals surface area contributed by atoms with Crippen molar-refractivity contribution in [1.82, 2.24) is 30.2 Å². The van der Waals surface area contributed by atoms with E-state index in [2.05, 4.69) is 34.4 Å². The fraction of sp³-hybridized carbons (Fsp3) is 0.654. The number of carbonyl (C=O) groups is 4. The molecular formula is C26H42N7O19P3S. The zero-order chi connectivity index (χ0) is 42.2. The van der Waals surface area contributed by atoms with Gasteiger partial charge in [0.15, 0.2) is 28.9 Å². The third-order valence-electron chi connectivity index (χ3n) is 7.48. The number of aliphatic hydroxyl groups excluding tert-OH is 3. The van der Waals surface area contributed by atoms with Crippen molar-refractivity contribution in [2.24, 2.45) is 5.41 Å². The summed E-state index contributed by atoms with van der Waals surface area (Å²) in [7, 11) is -16.4. The first-order valence-corrected chi connectivity index (χ1v) is 21.6. The number of nitrogens with two attached hydrogens (primary N) is 1. The number of nitrogens with one attached hydrogen (secondary N) is 2. The minimum Gasteiger partial charge on any atom is -0.386 e. The largest absolute Gasteiger partial charge is 0.481 e. The third kappa shape index (κ3) is 14.2. The van der Waals surface area contributed by atoms with Gasteiger partial charge in [0.1, 0.15) is 42.0 Å². The van der Waals surface area contributed by atoms with Gasteiger partial charge in [0.05, 0.1) is 26.0 Å². The van der Waals surface area contributed by atoms with Crippen molar-refractivity contribution >= 4 is 75.6 Å². The summed E-state index contributed by atoms with van der Waals surface area (Å²) >= 11 is 0.813. The number of nitrogens with zero attached hydrogens (tertiary/aromatic N) is 4. The number of carbonyl (C=O) groups excluding carboxylic acids is 4. The number of hydrogen-bond acceptors (Lipinski definition) is 20. The van der Waals surface area contributed by atoms with E-state index in [-0.39, 0.29) is 42.2 Å². The Kier molecular flexibility index (Phi) is 16.8. The summed E-state index contributed by atoms with van der Waals surface area (Å²) in [5.41, 5.74) is 2.76. The highest BCUT2D eigenvalue weighted by Gasteiger charge is 2.50. The number of rotatable bonds is 23. The number of amides is 2. The molecule has 1 fully saturated rings. The molecule has 2 aromatic rings. The number of ether oxygens (including phenoxy) is 1. The molecule has 1 aliphatic rings. The van der Waals surface area contributed by atoms with E-state index < -0.39 is 108 Å². The van der Waals surface area contributed by atoms with Gasteiger partial charge in [0.2, 0.25) is 11.8 Å². The number of phosphoric ester groups is 3. The number of Topliss-reactive ketones (excluding diaryl/α,β-unsaturated/α-hetero) is 2. The number of hydrogen-bond donors (Lipinski definition) is 10. The first-order chi connectivity index (χ1) is 25.8. The highest BCUT2D eigenvalue weighted by atomic mass is 32.2. The molecule has 1 saturated heterocycles. The number of nitrogen functional groups attached to an aromatic ring is 1. The third-order valence-corrected chi connectivity index (χ3v) is 11.6. The van der Waals surface area contributed by atoms with E-state index in [0.29, 0.717) is 0 Å². The number of aromatic nitrogens is 4. The summed E-state index contributed by atoms with van der Waals surface area (Å²) in [4.78, 5) is 98.0. The summed E-state index contributed by atoms with van der Waals surface area (Å²) in [5, 5.41) is 35.9. The maximum atomic E-state index is 12.7. The molecule has 2 amide bonds. The second-order valence-electron chi connectivity index (χ2n) is 12.6. The van der Waals surface area contributed by atoms with E-state index in [1.807, 2.05) is 0 Å². The molecule has 26 nitrogen and oxygen atoms in total. The standard InChI is InChI=1S/C26H42N7O19P3S/c1-13(34)8-14(35)25(40)56-7-6-28-16(36)4-5-29-23(39)20(38)26(2,3)10-49-55(46,47)52-54(44,45)48-9-15-19(51-53(41,42)43)18(37)24(50-15)33-12-32-17-21(27)30-11-31-22(17)33/h11-12,15,18-20,24-25,37-38,40H,4-10H2,1-3H3,(H,28,36)(H,29,39)(H,44,45)(H,46,47)(H2,27,30,31)(H2,41,42,43)/t15-,18-,19-,20?,24-,25?/m1/s1. The molecule has 0 radical (unpaired) electrons. The fourth-order valence-corrected chi connectivity index (χ4v) is 8.27. The Morgan fingerprint density at radius 1 is 1.04 bits per heavy atom. The molecule has 0 spiro atoms. The molecular weight excluding hydrogens is 839 g/mol. The first-order valence-electron chi connectivity index (χ1n) is 16.0. The molecule has 8 atom stereocenters. The van der Waals surface area contributed by atoms with Gasteiger partial charge in [0, 0.05) is 30.7 Å². The minimum atomic E-state index is -5.59. The quantitative estimate of drug-likeness (QED) is 0.0250. The summed E-state index contributed by atoms with van der Waals surface area (Å²) in [6, 6.07) is 0. The summed E-state index contributed by atoms with van der Waals surface area (Å²) in [6.07, 6.45) is -7.53. The molecule has 316 valence electrons. The number of phosphoric acid groups is 3. The van der Waals surface area contributed by atoms with Crippen LogP contribution in [0, 0.1) is 5.41 Å². The van der Waals surface area contributed by atoms with Gasteiger partial charge >= 0.3 is 23.5 Å². The predicted octanol–water partition coefficient (Wildman–Crippen LogP) is -2.00. The van der Waals surface area contributed by atoms with Crippen LogP contribution < -0.4 is 16.4 Å². The zero-order valence-corrected chi connectivity index (χ0v) is 33.2. The van der Waals surface area contributed by atoms with Crippen molar-refractivity contribution in [1.29, 1.82) is 0 Å². The highest BCUT2D eigenvalue weighted by molar-refractivity contribution is 8.00. The Morgan fingerprint density at radius 2 is 1.70 bits per heavy atom. The summed E-state index contributed by atoms with van der Waals surface area (Å²) in [6.45, 7) is 1.36. The van der Waals surface area contributed by atoms with Gasteiger partial charge in [-0.25, -0.2) is 28.6 Å². The Morgan fingerprint density at radius 3 is 2.34 bits per heavy atom. The van der Waals surface area contributed by atoms with Crippen LogP contribution in [0.25, 0.3) is 11.2 Å². The van der Waals surface area contributed by atoms with E-state index in [1.54, 1.807) is 0 Å². The normalized spacial score (nSPS) is 22.2. The molecule has 56 heavy (non-hydrogen) atoms. The maximum absolute atomic E-state index is 12.7. The molecule has 0 bridgehead atoms. The van der Waals surface area contributed by atoms with E-state index in [4.69, 9.17) is 19.5 Å². The number of imidazole rings is 1. The fourth-order valence-electron chi connectivity index (χ4n) is 4.73. The number of anilines is 1. The van der Waals surface area contributed by atoms with Gasteiger partial charge in [-0.2, -0.15) is 4.31 Å². The van der Waals surface area contributed by atoms with Crippen LogP contribution in [0.4, 0.5) is 5.82 Å². The van der Waals surface area contributed by atoms with Crippen LogP contribution >= 0.6 is 35.2 Å². The molecule has 11 N–H and O–H groups in total. The Labute approximate surface area is 321 Å². The van der Waals surface area contributed by atoms with Crippen molar-refractivity contribution in [2.45, 2.75) is 69.7 Å². The topological polar surface area (TPSA) is 401 Å². The molecule has 0 aliphatic carbocycles. The van der Waals surface area contributed by atoms with E-state index in [9.17, 15) is 67.8 Å². The van der Waals surface area contributed by atoms with Crippen LogP contribution in [-0.4, -0.2) is 140 Å². The second kappa shape index (κ2) is 19.8. The van der Waals surface area contributed by atoms with Crippen molar-refractivity contribution in [2.75, 3.05) is 37.8 Å². The molecule has 1 aliphatic heterocycles. The SMILES string of the molecule is CC(=O)CC(=O)C(O)SCCNC(=O)CCNC(=O)C(O)C(C)(C)COP(=O)(O)OP(=O)(O)OC[C@H]1O[C@@H](n2cnc3c(N)ncnc32)[C@H](O)[C@@H]1OP(=O)(O)O. The Balaban J connectivity index is 1.49. The average Bonchev–Trinajstić information content (AvgIpc) is 3.64.